The maximum atomic E-state index is 13.4. The Kier molecular flexibility index (Phi) is 5.21. The quantitative estimate of drug-likeness (QED) is 0.882. The summed E-state index contributed by atoms with van der Waals surface area (Å²) in [5.74, 6) is -1.18. The molecule has 2 nitrogen and oxygen atoms in total. The van der Waals surface area contributed by atoms with Gasteiger partial charge in [-0.15, -0.1) is 0 Å². The molecule has 0 amide bonds. The molecular weight excluding hydrogens is 244 g/mol. The lowest BCUT2D eigenvalue weighted by atomic mass is 10.2. The van der Waals surface area contributed by atoms with Crippen molar-refractivity contribution in [2.75, 3.05) is 7.05 Å². The van der Waals surface area contributed by atoms with Crippen LogP contribution in [0.3, 0.4) is 0 Å². The second kappa shape index (κ2) is 6.21. The van der Waals surface area contributed by atoms with E-state index in [2.05, 4.69) is 5.32 Å². The van der Waals surface area contributed by atoms with Crippen LogP contribution in [0.4, 0.5) is 8.78 Å². The number of hydrogen-bond acceptors (Lipinski definition) is 2. The predicted molar refractivity (Wildman–Crippen MR) is 65.4 cm³/mol. The van der Waals surface area contributed by atoms with E-state index in [1.807, 2.05) is 14.0 Å². The van der Waals surface area contributed by atoms with Crippen molar-refractivity contribution in [3.63, 3.8) is 0 Å². The van der Waals surface area contributed by atoms with Crippen molar-refractivity contribution in [2.45, 2.75) is 36.5 Å². The van der Waals surface area contributed by atoms with Gasteiger partial charge in [0.15, 0.2) is 0 Å². The van der Waals surface area contributed by atoms with Crippen molar-refractivity contribution in [1.29, 1.82) is 0 Å². The average Bonchev–Trinajstić information content (AvgIpc) is 2.31. The maximum absolute atomic E-state index is 13.4. The molecule has 0 aliphatic heterocycles. The summed E-state index contributed by atoms with van der Waals surface area (Å²) < 4.78 is 38.5. The summed E-state index contributed by atoms with van der Waals surface area (Å²) in [5, 5.41) is 2.80. The van der Waals surface area contributed by atoms with E-state index in [9.17, 15) is 13.0 Å². The Labute approximate surface area is 103 Å². The molecule has 1 aromatic rings. The van der Waals surface area contributed by atoms with E-state index in [1.54, 1.807) is 6.92 Å². The molecule has 0 saturated carbocycles. The maximum Gasteiger partial charge on any atom is 0.139 e. The van der Waals surface area contributed by atoms with Crippen LogP contribution >= 0.6 is 0 Å². The van der Waals surface area contributed by atoms with E-state index in [1.165, 1.54) is 0 Å². The minimum absolute atomic E-state index is 0.0548. The van der Waals surface area contributed by atoms with Crippen molar-refractivity contribution in [3.8, 4) is 0 Å². The third kappa shape index (κ3) is 3.85. The molecule has 1 N–H and O–H groups in total. The summed E-state index contributed by atoms with van der Waals surface area (Å²) in [7, 11) is 0.281. The lowest BCUT2D eigenvalue weighted by Crippen LogP contribution is -2.27. The van der Waals surface area contributed by atoms with Gasteiger partial charge in [-0.25, -0.2) is 8.78 Å². The highest BCUT2D eigenvalue weighted by molar-refractivity contribution is 7.85. The molecule has 0 aliphatic rings. The molecule has 0 bridgehead atoms. The van der Waals surface area contributed by atoms with Crippen LogP contribution in [0, 0.1) is 11.6 Å². The Morgan fingerprint density at radius 3 is 2.59 bits per heavy atom. The molecule has 0 spiro atoms. The van der Waals surface area contributed by atoms with E-state index in [-0.39, 0.29) is 16.2 Å². The van der Waals surface area contributed by atoms with Gasteiger partial charge in [0.25, 0.3) is 0 Å². The minimum Gasteiger partial charge on any atom is -0.317 e. The number of halogens is 2. The van der Waals surface area contributed by atoms with Crippen LogP contribution in [0.15, 0.2) is 23.1 Å². The summed E-state index contributed by atoms with van der Waals surface area (Å²) in [4.78, 5) is -0.0548. The lowest BCUT2D eigenvalue weighted by Gasteiger charge is -2.16. The number of hydrogen-bond donors (Lipinski definition) is 1. The smallest absolute Gasteiger partial charge is 0.139 e. The SMILES string of the molecule is CNC(C)CC(C)S(=O)c1cc(F)ccc1F. The third-order valence-electron chi connectivity index (χ3n) is 2.65. The fourth-order valence-corrected chi connectivity index (χ4v) is 2.94. The Morgan fingerprint density at radius 2 is 2.00 bits per heavy atom. The normalized spacial score (nSPS) is 16.5. The van der Waals surface area contributed by atoms with Gasteiger partial charge >= 0.3 is 0 Å². The molecule has 1 rings (SSSR count). The van der Waals surface area contributed by atoms with Crippen molar-refractivity contribution in [2.24, 2.45) is 0 Å². The number of rotatable bonds is 5. The fourth-order valence-electron chi connectivity index (χ4n) is 1.55. The highest BCUT2D eigenvalue weighted by Crippen LogP contribution is 2.19. The molecule has 17 heavy (non-hydrogen) atoms. The van der Waals surface area contributed by atoms with E-state index >= 15 is 0 Å². The summed E-state index contributed by atoms with van der Waals surface area (Å²) in [6.07, 6.45) is 0.638. The molecule has 0 fully saturated rings. The van der Waals surface area contributed by atoms with Crippen LogP contribution in [0.5, 0.6) is 0 Å². The Balaban J connectivity index is 2.85. The Morgan fingerprint density at radius 1 is 1.35 bits per heavy atom. The van der Waals surface area contributed by atoms with Crippen molar-refractivity contribution in [3.05, 3.63) is 29.8 Å². The topological polar surface area (TPSA) is 29.1 Å². The van der Waals surface area contributed by atoms with E-state index in [4.69, 9.17) is 0 Å². The molecule has 0 aromatic heterocycles. The summed E-state index contributed by atoms with van der Waals surface area (Å²) >= 11 is 0. The molecule has 3 unspecified atom stereocenters. The van der Waals surface area contributed by atoms with Gasteiger partial charge in [0.1, 0.15) is 11.6 Å². The second-order valence-electron chi connectivity index (χ2n) is 4.11. The highest BCUT2D eigenvalue weighted by Gasteiger charge is 2.19. The second-order valence-corrected chi connectivity index (χ2v) is 5.95. The largest absolute Gasteiger partial charge is 0.317 e. The molecule has 0 heterocycles. The van der Waals surface area contributed by atoms with Gasteiger partial charge in [-0.05, 0) is 38.6 Å². The first kappa shape index (κ1) is 14.3. The highest BCUT2D eigenvalue weighted by atomic mass is 32.2. The van der Waals surface area contributed by atoms with Crippen molar-refractivity contribution < 1.29 is 13.0 Å². The van der Waals surface area contributed by atoms with Gasteiger partial charge < -0.3 is 5.32 Å². The molecule has 0 radical (unpaired) electrons. The first-order valence-corrected chi connectivity index (χ1v) is 6.70. The standard InChI is InChI=1S/C12H17F2NOS/c1-8(15-3)6-9(2)17(16)12-7-10(13)4-5-11(12)14/h4-5,7-9,15H,6H2,1-3H3. The number of nitrogens with one attached hydrogen (secondary N) is 1. The van der Waals surface area contributed by atoms with E-state index in [0.717, 1.165) is 18.2 Å². The van der Waals surface area contributed by atoms with Gasteiger partial charge in [0.05, 0.1) is 15.7 Å². The van der Waals surface area contributed by atoms with Crippen molar-refractivity contribution >= 4 is 10.8 Å². The van der Waals surface area contributed by atoms with E-state index in [0.29, 0.717) is 6.42 Å². The monoisotopic (exact) mass is 261 g/mol. The molecule has 0 saturated heterocycles. The van der Waals surface area contributed by atoms with Gasteiger partial charge in [0.2, 0.25) is 0 Å². The summed E-state index contributed by atoms with van der Waals surface area (Å²) in [6, 6.07) is 3.23. The zero-order valence-electron chi connectivity index (χ0n) is 10.2. The average molecular weight is 261 g/mol. The minimum atomic E-state index is -1.53. The van der Waals surface area contributed by atoms with Gasteiger partial charge in [-0.3, -0.25) is 4.21 Å². The zero-order chi connectivity index (χ0) is 13.0. The predicted octanol–water partition coefficient (Wildman–Crippen LogP) is 2.46. The molecule has 1 aromatic carbocycles. The van der Waals surface area contributed by atoms with Crippen LogP contribution in [0.2, 0.25) is 0 Å². The molecule has 96 valence electrons. The van der Waals surface area contributed by atoms with Crippen LogP contribution in [0.1, 0.15) is 20.3 Å². The van der Waals surface area contributed by atoms with Crippen LogP contribution < -0.4 is 5.32 Å². The van der Waals surface area contributed by atoms with Gasteiger partial charge in [-0.1, -0.05) is 6.92 Å². The summed E-state index contributed by atoms with van der Waals surface area (Å²) in [6.45, 7) is 3.73. The molecular formula is C12H17F2NOS. The van der Waals surface area contributed by atoms with E-state index < -0.39 is 22.4 Å². The Bertz CT molecular complexity index is 411. The van der Waals surface area contributed by atoms with Gasteiger partial charge in [-0.2, -0.15) is 0 Å². The molecule has 5 heteroatoms. The first-order valence-electron chi connectivity index (χ1n) is 5.48. The summed E-state index contributed by atoms with van der Waals surface area (Å²) in [5.41, 5.74) is 0. The van der Waals surface area contributed by atoms with Crippen LogP contribution in [0.25, 0.3) is 0 Å². The first-order chi connectivity index (χ1) is 7.95. The molecule has 3 atom stereocenters. The zero-order valence-corrected chi connectivity index (χ0v) is 11.0. The third-order valence-corrected chi connectivity index (χ3v) is 4.32. The van der Waals surface area contributed by atoms with Crippen LogP contribution in [-0.4, -0.2) is 22.5 Å². The van der Waals surface area contributed by atoms with Crippen LogP contribution in [-0.2, 0) is 10.8 Å². The lowest BCUT2D eigenvalue weighted by molar-refractivity contribution is 0.547. The Hall–Kier alpha value is -0.810. The fraction of sp³-hybridized carbons (Fsp3) is 0.500. The van der Waals surface area contributed by atoms with Crippen molar-refractivity contribution in [1.82, 2.24) is 5.32 Å². The molecule has 0 aliphatic carbocycles. The number of benzene rings is 1. The van der Waals surface area contributed by atoms with Gasteiger partial charge in [0, 0.05) is 11.3 Å².